The molecule has 0 aliphatic carbocycles. The van der Waals surface area contributed by atoms with Gasteiger partial charge in [0.2, 0.25) is 0 Å². The molecule has 0 fully saturated rings. The Balaban J connectivity index is 1.79. The van der Waals surface area contributed by atoms with E-state index in [2.05, 4.69) is 20.3 Å². The number of halogens is 1. The van der Waals surface area contributed by atoms with E-state index in [0.717, 1.165) is 11.0 Å². The summed E-state index contributed by atoms with van der Waals surface area (Å²) >= 11 is 5.79. The molecule has 1 atom stereocenters. The lowest BCUT2D eigenvalue weighted by Crippen LogP contribution is -2.28. The summed E-state index contributed by atoms with van der Waals surface area (Å²) in [5.41, 5.74) is 2.09. The van der Waals surface area contributed by atoms with Gasteiger partial charge in [0.05, 0.1) is 17.1 Å². The summed E-state index contributed by atoms with van der Waals surface area (Å²) in [6.45, 7) is 1.86. The van der Waals surface area contributed by atoms with Crippen molar-refractivity contribution in [1.29, 1.82) is 0 Å². The van der Waals surface area contributed by atoms with E-state index in [1.807, 2.05) is 31.2 Å². The van der Waals surface area contributed by atoms with Crippen molar-refractivity contribution in [3.63, 3.8) is 0 Å². The van der Waals surface area contributed by atoms with Gasteiger partial charge in [-0.2, -0.15) is 0 Å². The molecule has 106 valence electrons. The van der Waals surface area contributed by atoms with Crippen molar-refractivity contribution >= 4 is 28.5 Å². The second-order valence-electron chi connectivity index (χ2n) is 4.68. The van der Waals surface area contributed by atoms with E-state index in [1.54, 1.807) is 18.2 Å². The number of hydrogen-bond donors (Lipinski definition) is 2. The zero-order valence-electron chi connectivity index (χ0n) is 11.3. The molecule has 1 unspecified atom stereocenters. The van der Waals surface area contributed by atoms with Crippen molar-refractivity contribution in [2.24, 2.45) is 0 Å². The number of amides is 1. The van der Waals surface area contributed by atoms with Crippen LogP contribution in [0, 0.1) is 0 Å². The monoisotopic (exact) mass is 300 g/mol. The Morgan fingerprint density at radius 1 is 1.19 bits per heavy atom. The Morgan fingerprint density at radius 3 is 2.76 bits per heavy atom. The number of pyridine rings is 1. The highest BCUT2D eigenvalue weighted by atomic mass is 35.5. The van der Waals surface area contributed by atoms with Crippen LogP contribution in [0.2, 0.25) is 5.15 Å². The highest BCUT2D eigenvalue weighted by molar-refractivity contribution is 6.29. The highest BCUT2D eigenvalue weighted by Gasteiger charge is 2.15. The van der Waals surface area contributed by atoms with E-state index in [0.29, 0.717) is 11.0 Å². The number of carbonyl (C=O) groups excluding carboxylic acids is 1. The fourth-order valence-electron chi connectivity index (χ4n) is 2.05. The Labute approximate surface area is 126 Å². The van der Waals surface area contributed by atoms with E-state index in [4.69, 9.17) is 11.6 Å². The molecule has 3 aromatic rings. The molecule has 2 N–H and O–H groups in total. The molecule has 1 aromatic carbocycles. The number of hydrogen-bond acceptors (Lipinski definition) is 3. The van der Waals surface area contributed by atoms with Crippen LogP contribution in [0.3, 0.4) is 0 Å². The molecule has 0 saturated heterocycles. The third-order valence-electron chi connectivity index (χ3n) is 3.11. The number of imidazole rings is 1. The summed E-state index contributed by atoms with van der Waals surface area (Å²) in [4.78, 5) is 23.8. The molecule has 6 heteroatoms. The third-order valence-corrected chi connectivity index (χ3v) is 3.32. The number of fused-ring (bicyclic) bond motifs is 1. The number of nitrogens with zero attached hydrogens (tertiary/aromatic N) is 2. The zero-order chi connectivity index (χ0) is 14.8. The van der Waals surface area contributed by atoms with Crippen molar-refractivity contribution in [1.82, 2.24) is 20.3 Å². The van der Waals surface area contributed by atoms with Gasteiger partial charge in [-0.25, -0.2) is 9.97 Å². The standard InChI is InChI=1S/C15H13ClN4O/c1-9(14-19-10-5-2-3-6-11(10)20-14)17-15(21)12-7-4-8-13(16)18-12/h2-9H,1H3,(H,17,21)(H,19,20). The maximum atomic E-state index is 12.1. The van der Waals surface area contributed by atoms with Crippen LogP contribution >= 0.6 is 11.6 Å². The first-order valence-electron chi connectivity index (χ1n) is 6.51. The number of aromatic nitrogens is 3. The Bertz CT molecular complexity index is 766. The lowest BCUT2D eigenvalue weighted by molar-refractivity contribution is 0.0933. The van der Waals surface area contributed by atoms with Crippen molar-refractivity contribution in [3.05, 3.63) is 59.1 Å². The van der Waals surface area contributed by atoms with Gasteiger partial charge in [0.25, 0.3) is 5.91 Å². The van der Waals surface area contributed by atoms with Crippen LogP contribution in [0.1, 0.15) is 29.3 Å². The fourth-order valence-corrected chi connectivity index (χ4v) is 2.22. The number of carbonyl (C=O) groups is 1. The van der Waals surface area contributed by atoms with Crippen molar-refractivity contribution in [2.45, 2.75) is 13.0 Å². The minimum absolute atomic E-state index is 0.259. The van der Waals surface area contributed by atoms with E-state index < -0.39 is 0 Å². The molecule has 2 heterocycles. The molecule has 2 aromatic heterocycles. The van der Waals surface area contributed by atoms with E-state index in [-0.39, 0.29) is 17.6 Å². The second kappa shape index (κ2) is 5.54. The van der Waals surface area contributed by atoms with Gasteiger partial charge in [0.1, 0.15) is 16.7 Å². The highest BCUT2D eigenvalue weighted by Crippen LogP contribution is 2.16. The van der Waals surface area contributed by atoms with Gasteiger partial charge >= 0.3 is 0 Å². The molecule has 1 amide bonds. The van der Waals surface area contributed by atoms with Crippen LogP contribution in [0.4, 0.5) is 0 Å². The molecule has 0 aliphatic rings. The van der Waals surface area contributed by atoms with Crippen LogP contribution in [0.5, 0.6) is 0 Å². The van der Waals surface area contributed by atoms with Crippen LogP contribution in [0.25, 0.3) is 11.0 Å². The average molecular weight is 301 g/mol. The summed E-state index contributed by atoms with van der Waals surface area (Å²) in [5, 5.41) is 3.14. The van der Waals surface area contributed by atoms with Crippen LogP contribution in [-0.4, -0.2) is 20.9 Å². The molecule has 0 saturated carbocycles. The lowest BCUT2D eigenvalue weighted by Gasteiger charge is -2.10. The molecule has 0 aliphatic heterocycles. The predicted molar refractivity (Wildman–Crippen MR) is 81.2 cm³/mol. The molecule has 21 heavy (non-hydrogen) atoms. The normalized spacial score (nSPS) is 12.3. The first kappa shape index (κ1) is 13.6. The van der Waals surface area contributed by atoms with Gasteiger partial charge in [-0.05, 0) is 31.2 Å². The number of benzene rings is 1. The SMILES string of the molecule is CC(NC(=O)c1cccc(Cl)n1)c1nc2ccccc2[nH]1. The molecular formula is C15H13ClN4O. The second-order valence-corrected chi connectivity index (χ2v) is 5.07. The largest absolute Gasteiger partial charge is 0.341 e. The van der Waals surface area contributed by atoms with E-state index in [1.165, 1.54) is 0 Å². The summed E-state index contributed by atoms with van der Waals surface area (Å²) in [6.07, 6.45) is 0. The number of nitrogens with one attached hydrogen (secondary N) is 2. The Morgan fingerprint density at radius 2 is 2.00 bits per heavy atom. The topological polar surface area (TPSA) is 70.7 Å². The first-order chi connectivity index (χ1) is 10.1. The molecule has 3 rings (SSSR count). The summed E-state index contributed by atoms with van der Waals surface area (Å²) in [5.74, 6) is 0.414. The van der Waals surface area contributed by atoms with Gasteiger partial charge in [-0.15, -0.1) is 0 Å². The zero-order valence-corrected chi connectivity index (χ0v) is 12.1. The van der Waals surface area contributed by atoms with E-state index >= 15 is 0 Å². The minimum atomic E-state index is -0.287. The number of aromatic amines is 1. The van der Waals surface area contributed by atoms with Gasteiger partial charge in [0.15, 0.2) is 0 Å². The number of rotatable bonds is 3. The average Bonchev–Trinajstić information content (AvgIpc) is 2.91. The van der Waals surface area contributed by atoms with Gasteiger partial charge < -0.3 is 10.3 Å². The summed E-state index contributed by atoms with van der Waals surface area (Å²) < 4.78 is 0. The maximum Gasteiger partial charge on any atom is 0.270 e. The molecule has 0 radical (unpaired) electrons. The summed E-state index contributed by atoms with van der Waals surface area (Å²) in [6, 6.07) is 12.4. The molecule has 0 bridgehead atoms. The lowest BCUT2D eigenvalue weighted by atomic mass is 10.3. The van der Waals surface area contributed by atoms with Crippen molar-refractivity contribution in [3.8, 4) is 0 Å². The van der Waals surface area contributed by atoms with E-state index in [9.17, 15) is 4.79 Å². The minimum Gasteiger partial charge on any atom is -0.341 e. The Kier molecular flexibility index (Phi) is 3.58. The number of para-hydroxylation sites is 2. The van der Waals surface area contributed by atoms with Gasteiger partial charge in [-0.1, -0.05) is 29.8 Å². The fraction of sp³-hybridized carbons (Fsp3) is 0.133. The van der Waals surface area contributed by atoms with Gasteiger partial charge in [0, 0.05) is 0 Å². The quantitative estimate of drug-likeness (QED) is 0.730. The molecule has 0 spiro atoms. The first-order valence-corrected chi connectivity index (χ1v) is 6.89. The van der Waals surface area contributed by atoms with Gasteiger partial charge in [-0.3, -0.25) is 4.79 Å². The Hall–Kier alpha value is -2.40. The third kappa shape index (κ3) is 2.87. The molecule has 5 nitrogen and oxygen atoms in total. The van der Waals surface area contributed by atoms with Crippen LogP contribution in [-0.2, 0) is 0 Å². The summed E-state index contributed by atoms with van der Waals surface area (Å²) in [7, 11) is 0. The number of H-pyrrole nitrogens is 1. The smallest absolute Gasteiger partial charge is 0.270 e. The molecular weight excluding hydrogens is 288 g/mol. The van der Waals surface area contributed by atoms with Crippen molar-refractivity contribution < 1.29 is 4.79 Å². The van der Waals surface area contributed by atoms with Crippen LogP contribution < -0.4 is 5.32 Å². The van der Waals surface area contributed by atoms with Crippen molar-refractivity contribution in [2.75, 3.05) is 0 Å². The van der Waals surface area contributed by atoms with Crippen LogP contribution in [0.15, 0.2) is 42.5 Å². The maximum absolute atomic E-state index is 12.1. The predicted octanol–water partition coefficient (Wildman–Crippen LogP) is 3.10.